The van der Waals surface area contributed by atoms with Gasteiger partial charge in [-0.15, -0.1) is 0 Å². The molecule has 0 saturated carbocycles. The van der Waals surface area contributed by atoms with Crippen LogP contribution in [0, 0.1) is 12.8 Å². The fourth-order valence-electron chi connectivity index (χ4n) is 2.26. The monoisotopic (exact) mass is 283 g/mol. The van der Waals surface area contributed by atoms with E-state index in [0.29, 0.717) is 5.92 Å². The molecule has 0 fully saturated rings. The molecule has 0 atom stereocenters. The first kappa shape index (κ1) is 15.5. The molecular weight excluding hydrogens is 258 g/mol. The lowest BCUT2D eigenvalue weighted by Gasteiger charge is -2.22. The summed E-state index contributed by atoms with van der Waals surface area (Å²) in [6, 6.07) is 12.7. The Balaban J connectivity index is 2.16. The molecule has 112 valence electrons. The summed E-state index contributed by atoms with van der Waals surface area (Å²) in [5.41, 5.74) is 3.65. The van der Waals surface area contributed by atoms with E-state index >= 15 is 0 Å². The van der Waals surface area contributed by atoms with Crippen LogP contribution in [0.25, 0.3) is 0 Å². The number of aryl methyl sites for hydroxylation is 1. The number of aromatic nitrogens is 1. The highest BCUT2D eigenvalue weighted by Crippen LogP contribution is 2.24. The summed E-state index contributed by atoms with van der Waals surface area (Å²) in [5, 5.41) is 3.49. The van der Waals surface area contributed by atoms with Crippen molar-refractivity contribution in [3.05, 3.63) is 53.7 Å². The van der Waals surface area contributed by atoms with Gasteiger partial charge in [0.1, 0.15) is 5.82 Å². The summed E-state index contributed by atoms with van der Waals surface area (Å²) in [6.45, 7) is 8.40. The zero-order valence-corrected chi connectivity index (χ0v) is 13.4. The third-order valence-electron chi connectivity index (χ3n) is 3.47. The SMILES string of the molecule is Cc1ccc(N(C)c2ncccc2CNCC(C)C)cc1. The van der Waals surface area contributed by atoms with Crippen LogP contribution in [-0.4, -0.2) is 18.6 Å². The first-order valence-electron chi connectivity index (χ1n) is 7.53. The molecule has 0 amide bonds. The number of hydrogen-bond acceptors (Lipinski definition) is 3. The van der Waals surface area contributed by atoms with Crippen molar-refractivity contribution in [1.82, 2.24) is 10.3 Å². The maximum atomic E-state index is 4.56. The number of anilines is 2. The van der Waals surface area contributed by atoms with Gasteiger partial charge in [-0.05, 0) is 37.6 Å². The minimum absolute atomic E-state index is 0.653. The predicted octanol–water partition coefficient (Wildman–Crippen LogP) is 3.90. The van der Waals surface area contributed by atoms with E-state index in [2.05, 4.69) is 73.4 Å². The molecule has 1 aromatic heterocycles. The van der Waals surface area contributed by atoms with Crippen molar-refractivity contribution in [2.24, 2.45) is 5.92 Å². The fourth-order valence-corrected chi connectivity index (χ4v) is 2.26. The summed E-state index contributed by atoms with van der Waals surface area (Å²) >= 11 is 0. The Morgan fingerprint density at radius 3 is 2.52 bits per heavy atom. The van der Waals surface area contributed by atoms with E-state index in [-0.39, 0.29) is 0 Å². The van der Waals surface area contributed by atoms with Crippen LogP contribution < -0.4 is 10.2 Å². The van der Waals surface area contributed by atoms with E-state index in [1.807, 2.05) is 12.3 Å². The van der Waals surface area contributed by atoms with Crippen LogP contribution in [0.5, 0.6) is 0 Å². The summed E-state index contributed by atoms with van der Waals surface area (Å²) in [6.07, 6.45) is 1.85. The van der Waals surface area contributed by atoms with Gasteiger partial charge in [-0.2, -0.15) is 0 Å². The Bertz CT molecular complexity index is 561. The van der Waals surface area contributed by atoms with Crippen LogP contribution in [0.2, 0.25) is 0 Å². The zero-order valence-electron chi connectivity index (χ0n) is 13.4. The van der Waals surface area contributed by atoms with Crippen molar-refractivity contribution >= 4 is 11.5 Å². The molecule has 3 nitrogen and oxygen atoms in total. The number of pyridine rings is 1. The van der Waals surface area contributed by atoms with Gasteiger partial charge in [-0.1, -0.05) is 37.6 Å². The molecule has 0 bridgehead atoms. The Morgan fingerprint density at radius 2 is 1.86 bits per heavy atom. The van der Waals surface area contributed by atoms with Crippen LogP contribution >= 0.6 is 0 Å². The molecule has 1 aromatic carbocycles. The Kier molecular flexibility index (Phi) is 5.34. The first-order chi connectivity index (χ1) is 10.1. The molecule has 1 heterocycles. The predicted molar refractivity (Wildman–Crippen MR) is 90.0 cm³/mol. The summed E-state index contributed by atoms with van der Waals surface area (Å²) in [5.74, 6) is 1.66. The molecule has 0 aliphatic rings. The van der Waals surface area contributed by atoms with Gasteiger partial charge in [0.05, 0.1) is 0 Å². The lowest BCUT2D eigenvalue weighted by Crippen LogP contribution is -2.21. The van der Waals surface area contributed by atoms with Crippen molar-refractivity contribution in [3.8, 4) is 0 Å². The Labute approximate surface area is 128 Å². The lowest BCUT2D eigenvalue weighted by atomic mass is 10.2. The molecule has 2 rings (SSSR count). The molecule has 2 aromatic rings. The molecular formula is C18H25N3. The molecule has 0 unspecified atom stereocenters. The highest BCUT2D eigenvalue weighted by atomic mass is 15.2. The highest BCUT2D eigenvalue weighted by Gasteiger charge is 2.10. The van der Waals surface area contributed by atoms with Gasteiger partial charge in [0, 0.05) is 31.0 Å². The van der Waals surface area contributed by atoms with Crippen molar-refractivity contribution < 1.29 is 0 Å². The van der Waals surface area contributed by atoms with Crippen LogP contribution in [0.15, 0.2) is 42.6 Å². The second-order valence-corrected chi connectivity index (χ2v) is 5.91. The molecule has 3 heteroatoms. The van der Waals surface area contributed by atoms with Crippen LogP contribution in [0.3, 0.4) is 0 Å². The van der Waals surface area contributed by atoms with E-state index < -0.39 is 0 Å². The Morgan fingerprint density at radius 1 is 1.14 bits per heavy atom. The van der Waals surface area contributed by atoms with Crippen molar-refractivity contribution in [2.45, 2.75) is 27.3 Å². The highest BCUT2D eigenvalue weighted by molar-refractivity contribution is 5.62. The van der Waals surface area contributed by atoms with Crippen molar-refractivity contribution in [2.75, 3.05) is 18.5 Å². The number of nitrogens with zero attached hydrogens (tertiary/aromatic N) is 2. The van der Waals surface area contributed by atoms with Crippen molar-refractivity contribution in [1.29, 1.82) is 0 Å². The fraction of sp³-hybridized carbons (Fsp3) is 0.389. The third kappa shape index (κ3) is 4.30. The Hall–Kier alpha value is -1.87. The summed E-state index contributed by atoms with van der Waals surface area (Å²) in [4.78, 5) is 6.71. The molecule has 0 aliphatic carbocycles. The standard InChI is InChI=1S/C18H25N3/c1-14(2)12-19-13-16-6-5-11-20-18(16)21(4)17-9-7-15(3)8-10-17/h5-11,14,19H,12-13H2,1-4H3. The van der Waals surface area contributed by atoms with Gasteiger partial charge in [0.15, 0.2) is 0 Å². The van der Waals surface area contributed by atoms with Crippen LogP contribution in [0.1, 0.15) is 25.0 Å². The average molecular weight is 283 g/mol. The minimum atomic E-state index is 0.653. The maximum absolute atomic E-state index is 4.56. The maximum Gasteiger partial charge on any atom is 0.137 e. The first-order valence-corrected chi connectivity index (χ1v) is 7.53. The van der Waals surface area contributed by atoms with Gasteiger partial charge in [-0.25, -0.2) is 4.98 Å². The number of hydrogen-bond donors (Lipinski definition) is 1. The minimum Gasteiger partial charge on any atom is -0.329 e. The molecule has 21 heavy (non-hydrogen) atoms. The quantitative estimate of drug-likeness (QED) is 0.871. The number of nitrogens with one attached hydrogen (secondary N) is 1. The molecule has 0 aliphatic heterocycles. The van der Waals surface area contributed by atoms with Crippen LogP contribution in [0.4, 0.5) is 11.5 Å². The van der Waals surface area contributed by atoms with E-state index in [4.69, 9.17) is 0 Å². The smallest absolute Gasteiger partial charge is 0.137 e. The topological polar surface area (TPSA) is 28.2 Å². The zero-order chi connectivity index (χ0) is 15.2. The largest absolute Gasteiger partial charge is 0.329 e. The average Bonchev–Trinajstić information content (AvgIpc) is 2.47. The molecule has 0 saturated heterocycles. The van der Waals surface area contributed by atoms with Gasteiger partial charge < -0.3 is 10.2 Å². The van der Waals surface area contributed by atoms with E-state index in [1.165, 1.54) is 11.1 Å². The second kappa shape index (κ2) is 7.23. The lowest BCUT2D eigenvalue weighted by molar-refractivity contribution is 0.552. The van der Waals surface area contributed by atoms with Crippen molar-refractivity contribution in [3.63, 3.8) is 0 Å². The van der Waals surface area contributed by atoms with Gasteiger partial charge in [0.2, 0.25) is 0 Å². The second-order valence-electron chi connectivity index (χ2n) is 5.91. The van der Waals surface area contributed by atoms with E-state index in [9.17, 15) is 0 Å². The molecule has 1 N–H and O–H groups in total. The van der Waals surface area contributed by atoms with Crippen LogP contribution in [-0.2, 0) is 6.54 Å². The third-order valence-corrected chi connectivity index (χ3v) is 3.47. The van der Waals surface area contributed by atoms with E-state index in [1.54, 1.807) is 0 Å². The summed E-state index contributed by atoms with van der Waals surface area (Å²) in [7, 11) is 2.07. The molecule has 0 radical (unpaired) electrons. The van der Waals surface area contributed by atoms with Gasteiger partial charge in [0.25, 0.3) is 0 Å². The normalized spacial score (nSPS) is 10.9. The molecule has 0 spiro atoms. The summed E-state index contributed by atoms with van der Waals surface area (Å²) < 4.78 is 0. The van der Waals surface area contributed by atoms with Gasteiger partial charge in [-0.3, -0.25) is 0 Å². The van der Waals surface area contributed by atoms with Gasteiger partial charge >= 0.3 is 0 Å². The number of benzene rings is 1. The van der Waals surface area contributed by atoms with E-state index in [0.717, 1.165) is 24.6 Å². The number of rotatable bonds is 6.